The minimum absolute atomic E-state index is 0.123. The number of amides is 1. The van der Waals surface area contributed by atoms with Crippen molar-refractivity contribution in [2.75, 3.05) is 0 Å². The summed E-state index contributed by atoms with van der Waals surface area (Å²) in [6.07, 6.45) is 2.19. The van der Waals surface area contributed by atoms with E-state index in [4.69, 9.17) is 4.74 Å². The molecule has 0 aliphatic carbocycles. The summed E-state index contributed by atoms with van der Waals surface area (Å²) in [4.78, 5) is 12.4. The van der Waals surface area contributed by atoms with E-state index in [0.717, 1.165) is 12.0 Å². The first kappa shape index (κ1) is 18.1. The highest BCUT2D eigenvalue weighted by atomic mass is 19.1. The molecule has 2 heterocycles. The lowest BCUT2D eigenvalue weighted by molar-refractivity contribution is 0.0925. The fourth-order valence-electron chi connectivity index (χ4n) is 3.01. The number of hydrazine groups is 1. The molecule has 2 unspecified atom stereocenters. The molecule has 28 heavy (non-hydrogen) atoms. The van der Waals surface area contributed by atoms with Crippen LogP contribution in [0.1, 0.15) is 28.5 Å². The van der Waals surface area contributed by atoms with Gasteiger partial charge in [0.05, 0.1) is 6.17 Å². The molecule has 1 amide bonds. The number of hydrogen-bond donors (Lipinski definition) is 3. The van der Waals surface area contributed by atoms with Gasteiger partial charge in [0.1, 0.15) is 17.3 Å². The summed E-state index contributed by atoms with van der Waals surface area (Å²) in [5.41, 5.74) is 7.74. The quantitative estimate of drug-likeness (QED) is 0.611. The number of benzene rings is 2. The molecule has 3 N–H and O–H groups in total. The first-order valence-corrected chi connectivity index (χ1v) is 8.96. The second kappa shape index (κ2) is 8.20. The van der Waals surface area contributed by atoms with E-state index in [1.165, 1.54) is 28.9 Å². The lowest BCUT2D eigenvalue weighted by Gasteiger charge is -2.11. The van der Waals surface area contributed by atoms with E-state index in [1.54, 1.807) is 12.3 Å². The van der Waals surface area contributed by atoms with Crippen LogP contribution in [0.4, 0.5) is 4.39 Å². The fraction of sp³-hybridized carbons (Fsp3) is 0.200. The summed E-state index contributed by atoms with van der Waals surface area (Å²) in [7, 11) is 0. The zero-order valence-electron chi connectivity index (χ0n) is 15.0. The molecule has 4 rings (SSSR count). The van der Waals surface area contributed by atoms with Crippen molar-refractivity contribution in [1.82, 2.24) is 25.9 Å². The third-order valence-electron chi connectivity index (χ3n) is 4.46. The zero-order valence-corrected chi connectivity index (χ0v) is 15.0. The largest absolute Gasteiger partial charge is 0.471 e. The number of halogens is 1. The van der Waals surface area contributed by atoms with Crippen LogP contribution in [0, 0.1) is 5.82 Å². The molecule has 1 aliphatic heterocycles. The summed E-state index contributed by atoms with van der Waals surface area (Å²) in [6, 6.07) is 17.5. The summed E-state index contributed by atoms with van der Waals surface area (Å²) in [6.45, 7) is 0.123. The van der Waals surface area contributed by atoms with Crippen molar-refractivity contribution in [3.05, 3.63) is 83.9 Å². The highest BCUT2D eigenvalue weighted by molar-refractivity contribution is 5.92. The van der Waals surface area contributed by atoms with Crippen LogP contribution in [-0.4, -0.2) is 21.9 Å². The monoisotopic (exact) mass is 381 g/mol. The molecule has 1 aromatic heterocycles. The van der Waals surface area contributed by atoms with Crippen molar-refractivity contribution in [2.45, 2.75) is 25.4 Å². The second-order valence-electron chi connectivity index (χ2n) is 6.48. The van der Waals surface area contributed by atoms with Crippen LogP contribution in [0.15, 0.2) is 66.9 Å². The number of carbonyl (C=O) groups excluding carboxylic acids is 1. The molecule has 144 valence electrons. The summed E-state index contributed by atoms with van der Waals surface area (Å²) in [5, 5.41) is 7.14. The Morgan fingerprint density at radius 2 is 1.93 bits per heavy atom. The number of hydrogen-bond acceptors (Lipinski definition) is 5. The Hall–Kier alpha value is -3.23. The molecule has 7 nitrogen and oxygen atoms in total. The molecular weight excluding hydrogens is 361 g/mol. The van der Waals surface area contributed by atoms with Crippen LogP contribution < -0.4 is 20.9 Å². The van der Waals surface area contributed by atoms with Crippen molar-refractivity contribution in [3.63, 3.8) is 0 Å². The Morgan fingerprint density at radius 1 is 1.14 bits per heavy atom. The lowest BCUT2D eigenvalue weighted by Crippen LogP contribution is -2.44. The molecule has 8 heteroatoms. The fourth-order valence-corrected chi connectivity index (χ4v) is 3.01. The molecule has 0 saturated carbocycles. The Kier molecular flexibility index (Phi) is 5.31. The predicted molar refractivity (Wildman–Crippen MR) is 101 cm³/mol. The van der Waals surface area contributed by atoms with Gasteiger partial charge in [-0.1, -0.05) is 30.3 Å². The molecule has 1 saturated heterocycles. The molecule has 1 fully saturated rings. The number of aromatic nitrogens is 2. The SMILES string of the molecule is O=C(NC1CC(c2ccccc2)NN1)c1ccn(COc2ccc(F)cc2)n1. The van der Waals surface area contributed by atoms with Gasteiger partial charge >= 0.3 is 0 Å². The van der Waals surface area contributed by atoms with E-state index in [9.17, 15) is 9.18 Å². The highest BCUT2D eigenvalue weighted by Gasteiger charge is 2.26. The van der Waals surface area contributed by atoms with Gasteiger partial charge in [0, 0.05) is 18.7 Å². The van der Waals surface area contributed by atoms with E-state index in [2.05, 4.69) is 21.3 Å². The summed E-state index contributed by atoms with van der Waals surface area (Å²) >= 11 is 0. The number of rotatable bonds is 6. The molecular formula is C20H20FN5O2. The zero-order chi connectivity index (χ0) is 19.3. The third kappa shape index (κ3) is 4.36. The minimum Gasteiger partial charge on any atom is -0.471 e. The van der Waals surface area contributed by atoms with Gasteiger partial charge in [0.2, 0.25) is 0 Å². The molecule has 2 aromatic carbocycles. The first-order valence-electron chi connectivity index (χ1n) is 8.96. The van der Waals surface area contributed by atoms with Crippen molar-refractivity contribution in [3.8, 4) is 5.75 Å². The van der Waals surface area contributed by atoms with Crippen LogP contribution in [0.5, 0.6) is 5.75 Å². The van der Waals surface area contributed by atoms with E-state index in [1.807, 2.05) is 30.3 Å². The Labute approximate surface area is 161 Å². The van der Waals surface area contributed by atoms with Crippen LogP contribution in [0.2, 0.25) is 0 Å². The van der Waals surface area contributed by atoms with Gasteiger partial charge in [-0.05, 0) is 35.9 Å². The van der Waals surface area contributed by atoms with Crippen LogP contribution in [-0.2, 0) is 6.73 Å². The van der Waals surface area contributed by atoms with Gasteiger partial charge in [0.25, 0.3) is 5.91 Å². The Morgan fingerprint density at radius 3 is 2.71 bits per heavy atom. The van der Waals surface area contributed by atoms with Gasteiger partial charge in [0.15, 0.2) is 6.73 Å². The van der Waals surface area contributed by atoms with Crippen LogP contribution >= 0.6 is 0 Å². The molecule has 3 aromatic rings. The van der Waals surface area contributed by atoms with Gasteiger partial charge < -0.3 is 10.1 Å². The maximum Gasteiger partial charge on any atom is 0.273 e. The normalized spacial score (nSPS) is 18.8. The Bertz CT molecular complexity index is 929. The summed E-state index contributed by atoms with van der Waals surface area (Å²) in [5.74, 6) is -0.0699. The van der Waals surface area contributed by atoms with Crippen molar-refractivity contribution >= 4 is 5.91 Å². The number of nitrogens with zero attached hydrogens (tertiary/aromatic N) is 2. The third-order valence-corrected chi connectivity index (χ3v) is 4.46. The molecule has 0 bridgehead atoms. The number of carbonyl (C=O) groups is 1. The van der Waals surface area contributed by atoms with E-state index >= 15 is 0 Å². The summed E-state index contributed by atoms with van der Waals surface area (Å²) < 4.78 is 19.9. The maximum absolute atomic E-state index is 12.9. The van der Waals surface area contributed by atoms with E-state index in [0.29, 0.717) is 11.4 Å². The standard InChI is InChI=1S/C20H20FN5O2/c21-15-6-8-16(9-7-15)28-13-26-11-10-17(25-26)20(27)22-19-12-18(23-24-19)14-4-2-1-3-5-14/h1-11,18-19,23-24H,12-13H2,(H,22,27). The lowest BCUT2D eigenvalue weighted by atomic mass is 10.0. The topological polar surface area (TPSA) is 80.2 Å². The molecule has 0 spiro atoms. The first-order chi connectivity index (χ1) is 13.7. The van der Waals surface area contributed by atoms with Crippen molar-refractivity contribution < 1.29 is 13.9 Å². The second-order valence-corrected chi connectivity index (χ2v) is 6.48. The number of nitrogens with one attached hydrogen (secondary N) is 3. The average molecular weight is 381 g/mol. The van der Waals surface area contributed by atoms with Crippen LogP contribution in [0.3, 0.4) is 0 Å². The van der Waals surface area contributed by atoms with Crippen molar-refractivity contribution in [2.24, 2.45) is 0 Å². The predicted octanol–water partition coefficient (Wildman–Crippen LogP) is 2.35. The Balaban J connectivity index is 1.29. The van der Waals surface area contributed by atoms with Crippen molar-refractivity contribution in [1.29, 1.82) is 0 Å². The molecule has 2 atom stereocenters. The van der Waals surface area contributed by atoms with E-state index in [-0.39, 0.29) is 30.7 Å². The van der Waals surface area contributed by atoms with Gasteiger partial charge in [-0.2, -0.15) is 5.10 Å². The average Bonchev–Trinajstić information content (AvgIpc) is 3.38. The molecule has 1 aliphatic rings. The smallest absolute Gasteiger partial charge is 0.273 e. The molecule has 0 radical (unpaired) electrons. The van der Waals surface area contributed by atoms with E-state index < -0.39 is 0 Å². The van der Waals surface area contributed by atoms with Crippen LogP contribution in [0.25, 0.3) is 0 Å². The van der Waals surface area contributed by atoms with Gasteiger partial charge in [-0.25, -0.2) is 19.9 Å². The number of ether oxygens (including phenoxy) is 1. The van der Waals surface area contributed by atoms with Gasteiger partial charge in [-0.15, -0.1) is 0 Å². The van der Waals surface area contributed by atoms with Gasteiger partial charge in [-0.3, -0.25) is 4.79 Å². The minimum atomic E-state index is -0.324. The highest BCUT2D eigenvalue weighted by Crippen LogP contribution is 2.20. The maximum atomic E-state index is 12.9.